The first-order valence-corrected chi connectivity index (χ1v) is 12.4. The lowest BCUT2D eigenvalue weighted by Crippen LogP contribution is -2.68. The number of nitrogens with zero attached hydrogens (tertiary/aromatic N) is 1. The van der Waals surface area contributed by atoms with Crippen molar-refractivity contribution in [3.8, 4) is 0 Å². The summed E-state index contributed by atoms with van der Waals surface area (Å²) >= 11 is 0. The van der Waals surface area contributed by atoms with Gasteiger partial charge in [-0.25, -0.2) is 0 Å². The minimum absolute atomic E-state index is 0.0391. The van der Waals surface area contributed by atoms with Crippen molar-refractivity contribution in [1.82, 2.24) is 5.06 Å². The summed E-state index contributed by atoms with van der Waals surface area (Å²) in [5, 5.41) is 2.26. The number of carbonyl (C=O) groups excluding carboxylic acids is 1. The summed E-state index contributed by atoms with van der Waals surface area (Å²) in [7, 11) is 0. The minimum atomic E-state index is -0.223. The van der Waals surface area contributed by atoms with Gasteiger partial charge in [-0.3, -0.25) is 9.63 Å². The molecule has 0 saturated carbocycles. The lowest BCUT2D eigenvalue weighted by Gasteiger charge is -2.59. The Morgan fingerprint density at radius 1 is 1.10 bits per heavy atom. The molecule has 31 heavy (non-hydrogen) atoms. The highest BCUT2D eigenvalue weighted by Crippen LogP contribution is 2.48. The van der Waals surface area contributed by atoms with E-state index in [0.717, 1.165) is 32.1 Å². The number of benzene rings is 1. The summed E-state index contributed by atoms with van der Waals surface area (Å²) in [5.41, 5.74) is 0.750. The second-order valence-electron chi connectivity index (χ2n) is 9.85. The molecule has 1 aliphatic rings. The number of carbonyl (C=O) groups is 1. The van der Waals surface area contributed by atoms with Crippen LogP contribution in [0.15, 0.2) is 30.3 Å². The highest BCUT2D eigenvalue weighted by molar-refractivity contribution is 5.69. The molecular formula is C27H45NO3. The Balaban J connectivity index is 2.18. The number of hydrogen-bond donors (Lipinski definition) is 0. The van der Waals surface area contributed by atoms with Crippen molar-refractivity contribution < 1.29 is 14.4 Å². The third-order valence-electron chi connectivity index (χ3n) is 7.66. The van der Waals surface area contributed by atoms with Crippen LogP contribution in [0.4, 0.5) is 0 Å². The van der Waals surface area contributed by atoms with Gasteiger partial charge in [-0.15, -0.1) is 0 Å². The number of piperidine rings is 1. The summed E-state index contributed by atoms with van der Waals surface area (Å²) in [6.45, 7) is 15.5. The predicted molar refractivity (Wildman–Crippen MR) is 128 cm³/mol. The Kier molecular flexibility index (Phi) is 9.57. The molecule has 1 heterocycles. The molecular weight excluding hydrogens is 386 g/mol. The van der Waals surface area contributed by atoms with E-state index in [9.17, 15) is 4.79 Å². The Hall–Kier alpha value is -1.39. The van der Waals surface area contributed by atoms with Crippen molar-refractivity contribution in [1.29, 1.82) is 0 Å². The van der Waals surface area contributed by atoms with Crippen LogP contribution in [0.25, 0.3) is 0 Å². The van der Waals surface area contributed by atoms with Gasteiger partial charge < -0.3 is 4.74 Å². The molecule has 1 aromatic carbocycles. The summed E-state index contributed by atoms with van der Waals surface area (Å²) in [6, 6.07) is 10.4. The molecule has 1 aliphatic heterocycles. The topological polar surface area (TPSA) is 38.8 Å². The van der Waals surface area contributed by atoms with Crippen LogP contribution in [0.2, 0.25) is 0 Å². The van der Waals surface area contributed by atoms with E-state index in [1.807, 2.05) is 6.07 Å². The average Bonchev–Trinajstić information content (AvgIpc) is 2.78. The normalized spacial score (nSPS) is 30.2. The van der Waals surface area contributed by atoms with Crippen LogP contribution < -0.4 is 0 Å². The van der Waals surface area contributed by atoms with Crippen molar-refractivity contribution in [2.45, 2.75) is 123 Å². The first-order chi connectivity index (χ1) is 14.7. The van der Waals surface area contributed by atoms with Crippen LogP contribution in [0, 0.1) is 5.92 Å². The fourth-order valence-electron chi connectivity index (χ4n) is 4.91. The molecule has 0 amide bonds. The molecule has 1 fully saturated rings. The van der Waals surface area contributed by atoms with Gasteiger partial charge in [-0.2, -0.15) is 5.06 Å². The second kappa shape index (κ2) is 11.5. The third kappa shape index (κ3) is 6.10. The lowest BCUT2D eigenvalue weighted by atomic mass is 9.69. The molecule has 0 N–H and O–H groups in total. The number of unbranched alkanes of at least 4 members (excludes halogenated alkanes) is 3. The highest BCUT2D eigenvalue weighted by Gasteiger charge is 2.55. The van der Waals surface area contributed by atoms with Crippen molar-refractivity contribution in [2.24, 2.45) is 5.92 Å². The maximum absolute atomic E-state index is 12.6. The second-order valence-corrected chi connectivity index (χ2v) is 9.85. The molecule has 0 spiro atoms. The zero-order valence-electron chi connectivity index (χ0n) is 20.9. The lowest BCUT2D eigenvalue weighted by molar-refractivity contribution is -0.336. The number of hydrogen-bond acceptors (Lipinski definition) is 4. The number of esters is 1. The molecule has 176 valence electrons. The standard InChI is InChI=1S/C27H45NO3/c1-8-11-12-16-19-25(29)30-24-20-26(6,9-2)28(27(7,10-3)21(24)4)31-22(5)23-17-14-13-15-18-23/h13-15,17-18,21-22,24H,8-12,16,19-20H2,1-7H3. The molecule has 0 aromatic heterocycles. The molecule has 1 saturated heterocycles. The molecule has 2 rings (SSSR count). The van der Waals surface area contributed by atoms with Gasteiger partial charge in [0.25, 0.3) is 0 Å². The Morgan fingerprint density at radius 2 is 1.77 bits per heavy atom. The number of ether oxygens (including phenoxy) is 1. The largest absolute Gasteiger partial charge is 0.462 e. The molecule has 1 aromatic rings. The van der Waals surface area contributed by atoms with E-state index >= 15 is 0 Å². The maximum Gasteiger partial charge on any atom is 0.306 e. The Bertz CT molecular complexity index is 678. The smallest absolute Gasteiger partial charge is 0.306 e. The number of rotatable bonds is 11. The maximum atomic E-state index is 12.6. The monoisotopic (exact) mass is 431 g/mol. The van der Waals surface area contributed by atoms with Gasteiger partial charge in [0.2, 0.25) is 0 Å². The van der Waals surface area contributed by atoms with Crippen molar-refractivity contribution in [3.63, 3.8) is 0 Å². The van der Waals surface area contributed by atoms with Crippen molar-refractivity contribution in [3.05, 3.63) is 35.9 Å². The van der Waals surface area contributed by atoms with Gasteiger partial charge in [-0.1, -0.05) is 77.3 Å². The molecule has 0 radical (unpaired) electrons. The molecule has 4 heteroatoms. The summed E-state index contributed by atoms with van der Waals surface area (Å²) in [5.74, 6) is 0.136. The zero-order chi connectivity index (χ0) is 23.1. The van der Waals surface area contributed by atoms with E-state index in [2.05, 4.69) is 77.8 Å². The van der Waals surface area contributed by atoms with Gasteiger partial charge in [0.1, 0.15) is 12.2 Å². The van der Waals surface area contributed by atoms with Crippen LogP contribution in [-0.4, -0.2) is 28.2 Å². The Morgan fingerprint density at radius 3 is 2.35 bits per heavy atom. The van der Waals surface area contributed by atoms with Gasteiger partial charge in [-0.05, 0) is 45.6 Å². The first-order valence-electron chi connectivity index (χ1n) is 12.4. The van der Waals surface area contributed by atoms with Gasteiger partial charge in [0.15, 0.2) is 0 Å². The highest BCUT2D eigenvalue weighted by atomic mass is 16.7. The van der Waals surface area contributed by atoms with Crippen LogP contribution in [-0.2, 0) is 14.4 Å². The molecule has 5 unspecified atom stereocenters. The van der Waals surface area contributed by atoms with Crippen LogP contribution in [0.5, 0.6) is 0 Å². The van der Waals surface area contributed by atoms with Crippen molar-refractivity contribution in [2.75, 3.05) is 0 Å². The van der Waals surface area contributed by atoms with Crippen molar-refractivity contribution >= 4 is 5.97 Å². The summed E-state index contributed by atoms with van der Waals surface area (Å²) in [4.78, 5) is 19.3. The summed E-state index contributed by atoms with van der Waals surface area (Å²) < 4.78 is 6.10. The van der Waals surface area contributed by atoms with E-state index in [-0.39, 0.29) is 35.2 Å². The first kappa shape index (κ1) is 25.9. The third-order valence-corrected chi connectivity index (χ3v) is 7.66. The SMILES string of the molecule is CCCCCCC(=O)OC1CC(C)(CC)N(OC(C)c2ccccc2)C(C)(CC)C1C. The molecule has 0 bridgehead atoms. The minimum Gasteiger partial charge on any atom is -0.462 e. The van der Waals surface area contributed by atoms with Gasteiger partial charge >= 0.3 is 5.97 Å². The summed E-state index contributed by atoms with van der Waals surface area (Å²) in [6.07, 6.45) is 7.44. The van der Waals surface area contributed by atoms with Crippen LogP contribution in [0.3, 0.4) is 0 Å². The van der Waals surface area contributed by atoms with E-state index in [1.165, 1.54) is 18.4 Å². The van der Waals surface area contributed by atoms with E-state index in [1.54, 1.807) is 0 Å². The van der Waals surface area contributed by atoms with Gasteiger partial charge in [0, 0.05) is 29.8 Å². The molecule has 0 aliphatic carbocycles. The van der Waals surface area contributed by atoms with Crippen LogP contribution in [0.1, 0.15) is 112 Å². The Labute approximate surface area is 190 Å². The fourth-order valence-corrected chi connectivity index (χ4v) is 4.91. The number of hydroxylamine groups is 2. The van der Waals surface area contributed by atoms with E-state index < -0.39 is 0 Å². The van der Waals surface area contributed by atoms with E-state index in [0.29, 0.717) is 6.42 Å². The fraction of sp³-hybridized carbons (Fsp3) is 0.741. The van der Waals surface area contributed by atoms with Gasteiger partial charge in [0.05, 0.1) is 0 Å². The molecule has 5 atom stereocenters. The quantitative estimate of drug-likeness (QED) is 0.273. The zero-order valence-corrected chi connectivity index (χ0v) is 20.9. The predicted octanol–water partition coefficient (Wildman–Crippen LogP) is 7.24. The molecule has 4 nitrogen and oxygen atoms in total. The van der Waals surface area contributed by atoms with E-state index in [4.69, 9.17) is 9.57 Å². The average molecular weight is 432 g/mol. The van der Waals surface area contributed by atoms with Crippen LogP contribution >= 0.6 is 0 Å².